The van der Waals surface area contributed by atoms with E-state index in [1.807, 2.05) is 27.7 Å². The fraction of sp³-hybridized carbons (Fsp3) is 0.320. The van der Waals surface area contributed by atoms with E-state index in [9.17, 15) is 15.0 Å². The molecular weight excluding hydrogens is 592 g/mol. The van der Waals surface area contributed by atoms with Crippen LogP contribution in [0.1, 0.15) is 54.4 Å². The van der Waals surface area contributed by atoms with Crippen LogP contribution in [-0.2, 0) is 27.7 Å². The van der Waals surface area contributed by atoms with Gasteiger partial charge >= 0.3 is 0 Å². The predicted molar refractivity (Wildman–Crippen MR) is 123 cm³/mol. The van der Waals surface area contributed by atoms with Crippen molar-refractivity contribution in [1.29, 1.82) is 0 Å². The van der Waals surface area contributed by atoms with Crippen LogP contribution in [0.15, 0.2) is 42.7 Å². The van der Waals surface area contributed by atoms with Crippen LogP contribution in [0.3, 0.4) is 0 Å². The summed E-state index contributed by atoms with van der Waals surface area (Å²) in [6, 6.07) is 8.41. The maximum absolute atomic E-state index is 12.5. The Hall–Kier alpha value is -2.76. The molecule has 8 heteroatoms. The van der Waals surface area contributed by atoms with Gasteiger partial charge in [0.2, 0.25) is 0 Å². The van der Waals surface area contributed by atoms with Crippen molar-refractivity contribution in [3.63, 3.8) is 0 Å². The molecular formula is C25H30N2O5W. The average molecular weight is 622 g/mol. The number of benzene rings is 2. The summed E-state index contributed by atoms with van der Waals surface area (Å²) >= 11 is 0. The Labute approximate surface area is 208 Å². The number of ketones is 1. The van der Waals surface area contributed by atoms with Gasteiger partial charge in [-0.25, -0.2) is 0 Å². The molecule has 176 valence electrons. The van der Waals surface area contributed by atoms with Crippen molar-refractivity contribution in [3.8, 4) is 28.5 Å². The molecule has 1 heterocycles. The number of aryl methyl sites for hydroxylation is 1. The molecule has 0 aliphatic heterocycles. The number of phenolic OH excluding ortho intramolecular Hbond substituents is 2. The Bertz CT molecular complexity index is 1110. The van der Waals surface area contributed by atoms with E-state index in [1.165, 1.54) is 0 Å². The van der Waals surface area contributed by atoms with Crippen LogP contribution in [0.2, 0.25) is 0 Å². The van der Waals surface area contributed by atoms with Crippen LogP contribution >= 0.6 is 0 Å². The number of phenols is 2. The normalized spacial score (nSPS) is 10.7. The van der Waals surface area contributed by atoms with Gasteiger partial charge in [-0.05, 0) is 55.2 Å². The SMILES string of the molecule is Cc1cc(O)ccc1-c1cnc(COc2ccc(C(=O)CC(C)(C)C)c(O)c2C)cn1.O.[W]. The van der Waals surface area contributed by atoms with Gasteiger partial charge in [0.05, 0.1) is 29.3 Å². The van der Waals surface area contributed by atoms with Crippen molar-refractivity contribution in [1.82, 2.24) is 9.97 Å². The molecule has 3 rings (SSSR count). The molecule has 2 aromatic carbocycles. The Kier molecular flexibility index (Phi) is 9.76. The minimum Gasteiger partial charge on any atom is -0.508 e. The van der Waals surface area contributed by atoms with E-state index >= 15 is 0 Å². The van der Waals surface area contributed by atoms with E-state index in [1.54, 1.807) is 49.6 Å². The summed E-state index contributed by atoms with van der Waals surface area (Å²) in [5.41, 5.74) is 3.82. The molecule has 0 bridgehead atoms. The van der Waals surface area contributed by atoms with Crippen molar-refractivity contribution in [2.24, 2.45) is 5.41 Å². The van der Waals surface area contributed by atoms with Crippen molar-refractivity contribution in [3.05, 3.63) is 65.1 Å². The van der Waals surface area contributed by atoms with Crippen molar-refractivity contribution >= 4 is 5.78 Å². The van der Waals surface area contributed by atoms with Gasteiger partial charge in [-0.3, -0.25) is 14.8 Å². The van der Waals surface area contributed by atoms with Gasteiger partial charge in [-0.1, -0.05) is 20.8 Å². The summed E-state index contributed by atoms with van der Waals surface area (Å²) in [7, 11) is 0. The molecule has 0 spiro atoms. The van der Waals surface area contributed by atoms with Crippen LogP contribution in [0.25, 0.3) is 11.3 Å². The first-order valence-corrected chi connectivity index (χ1v) is 10.1. The minimum atomic E-state index is -0.157. The second-order valence-corrected chi connectivity index (χ2v) is 8.93. The van der Waals surface area contributed by atoms with Crippen molar-refractivity contribution in [2.75, 3.05) is 0 Å². The molecule has 0 aliphatic rings. The van der Waals surface area contributed by atoms with Crippen LogP contribution < -0.4 is 4.74 Å². The number of carbonyl (C=O) groups is 1. The molecule has 0 saturated heterocycles. The number of ether oxygens (including phenoxy) is 1. The summed E-state index contributed by atoms with van der Waals surface area (Å²) in [4.78, 5) is 21.3. The number of rotatable bonds is 6. The van der Waals surface area contributed by atoms with Crippen LogP contribution in [0.4, 0.5) is 0 Å². The number of hydrogen-bond donors (Lipinski definition) is 2. The van der Waals surface area contributed by atoms with Gasteiger partial charge in [-0.15, -0.1) is 0 Å². The average Bonchev–Trinajstić information content (AvgIpc) is 2.68. The Morgan fingerprint density at radius 1 is 1.03 bits per heavy atom. The Morgan fingerprint density at radius 3 is 2.30 bits per heavy atom. The number of carbonyl (C=O) groups excluding carboxylic acids is 1. The number of hydrogen-bond acceptors (Lipinski definition) is 6. The summed E-state index contributed by atoms with van der Waals surface area (Å²) in [6.45, 7) is 9.77. The van der Waals surface area contributed by atoms with Gasteiger partial charge in [0, 0.05) is 38.6 Å². The van der Waals surface area contributed by atoms with E-state index in [2.05, 4.69) is 9.97 Å². The standard InChI is InChI=1S/C25H28N2O4.H2O.W/c1-15-10-18(28)6-7-19(15)21-13-26-17(12-27-21)14-31-23-9-8-20(24(30)16(23)2)22(29)11-25(3,4)5;;/h6-10,12-13,28,30H,11,14H2,1-5H3;1H2;. The molecule has 0 amide bonds. The molecule has 4 N–H and O–H groups in total. The number of aromatic hydroxyl groups is 2. The van der Waals surface area contributed by atoms with E-state index in [0.717, 1.165) is 11.1 Å². The van der Waals surface area contributed by atoms with Crippen LogP contribution in [0.5, 0.6) is 17.2 Å². The molecule has 0 atom stereocenters. The molecule has 0 aliphatic carbocycles. The monoisotopic (exact) mass is 622 g/mol. The first kappa shape index (κ1) is 28.3. The zero-order chi connectivity index (χ0) is 22.8. The summed E-state index contributed by atoms with van der Waals surface area (Å²) in [6.07, 6.45) is 3.65. The van der Waals surface area contributed by atoms with Gasteiger partial charge in [0.1, 0.15) is 23.9 Å². The molecule has 7 nitrogen and oxygen atoms in total. The Morgan fingerprint density at radius 2 is 1.73 bits per heavy atom. The van der Waals surface area contributed by atoms with E-state index in [-0.39, 0.29) is 55.8 Å². The zero-order valence-electron chi connectivity index (χ0n) is 19.5. The van der Waals surface area contributed by atoms with Crippen molar-refractivity contribution in [2.45, 2.75) is 47.6 Å². The van der Waals surface area contributed by atoms with Crippen molar-refractivity contribution < 1.29 is 46.3 Å². The largest absolute Gasteiger partial charge is 0.508 e. The maximum atomic E-state index is 12.5. The number of aromatic nitrogens is 2. The van der Waals surface area contributed by atoms with Gasteiger partial charge in [0.25, 0.3) is 0 Å². The second kappa shape index (κ2) is 11.4. The fourth-order valence-corrected chi connectivity index (χ4v) is 3.30. The zero-order valence-corrected chi connectivity index (χ0v) is 22.4. The molecule has 0 saturated carbocycles. The first-order valence-electron chi connectivity index (χ1n) is 10.1. The number of Topliss-reactive ketones (excluding diaryl/α,β-unsaturated/α-hetero) is 1. The van der Waals surface area contributed by atoms with E-state index in [0.29, 0.717) is 34.7 Å². The van der Waals surface area contributed by atoms with E-state index < -0.39 is 0 Å². The molecule has 33 heavy (non-hydrogen) atoms. The third-order valence-electron chi connectivity index (χ3n) is 4.94. The smallest absolute Gasteiger partial charge is 0.167 e. The molecule has 1 aromatic heterocycles. The second-order valence-electron chi connectivity index (χ2n) is 8.93. The van der Waals surface area contributed by atoms with Gasteiger partial charge in [0.15, 0.2) is 5.78 Å². The summed E-state index contributed by atoms with van der Waals surface area (Å²) < 4.78 is 5.82. The third kappa shape index (κ3) is 7.11. The summed E-state index contributed by atoms with van der Waals surface area (Å²) in [5.74, 6) is 0.565. The van der Waals surface area contributed by atoms with Crippen LogP contribution in [0, 0.1) is 19.3 Å². The molecule has 0 radical (unpaired) electrons. The first-order chi connectivity index (χ1) is 14.5. The fourth-order valence-electron chi connectivity index (χ4n) is 3.30. The molecule has 0 fully saturated rings. The number of nitrogens with zero attached hydrogens (tertiary/aromatic N) is 2. The quantitative estimate of drug-likeness (QED) is 0.389. The summed E-state index contributed by atoms with van der Waals surface area (Å²) in [5, 5.41) is 20.1. The topological polar surface area (TPSA) is 124 Å². The van der Waals surface area contributed by atoms with Gasteiger partial charge in [-0.2, -0.15) is 0 Å². The van der Waals surface area contributed by atoms with E-state index in [4.69, 9.17) is 4.74 Å². The maximum Gasteiger partial charge on any atom is 0.167 e. The van der Waals surface area contributed by atoms with Crippen LogP contribution in [-0.4, -0.2) is 31.4 Å². The molecule has 0 unspecified atom stereocenters. The third-order valence-corrected chi connectivity index (χ3v) is 4.94. The van der Waals surface area contributed by atoms with Gasteiger partial charge < -0.3 is 20.4 Å². The minimum absolute atomic E-state index is 0. The molecule has 3 aromatic rings. The Balaban J connectivity index is 0.00000272. The predicted octanol–water partition coefficient (Wildman–Crippen LogP) is 4.54.